The fourth-order valence-electron chi connectivity index (χ4n) is 3.89. The molecule has 0 radical (unpaired) electrons. The van der Waals surface area contributed by atoms with Crippen LogP contribution in [-0.4, -0.2) is 23.2 Å². The quantitative estimate of drug-likeness (QED) is 0.848. The summed E-state index contributed by atoms with van der Waals surface area (Å²) in [7, 11) is 0. The zero-order valence-corrected chi connectivity index (χ0v) is 14.5. The van der Waals surface area contributed by atoms with Gasteiger partial charge in [0.1, 0.15) is 6.10 Å². The molecule has 2 rings (SSSR count). The molecule has 0 bridgehead atoms. The second kappa shape index (κ2) is 6.41. The maximum atomic E-state index is 12.4. The fraction of sp³-hybridized carbons (Fsp3) is 0.632. The van der Waals surface area contributed by atoms with Gasteiger partial charge in [-0.2, -0.15) is 0 Å². The van der Waals surface area contributed by atoms with E-state index in [2.05, 4.69) is 39.9 Å². The lowest BCUT2D eigenvalue weighted by molar-refractivity contribution is -0.0472. The molecular weight excluding hydrogens is 274 g/mol. The number of esters is 1. The first-order valence-corrected chi connectivity index (χ1v) is 8.30. The Morgan fingerprint density at radius 3 is 2.45 bits per heavy atom. The molecule has 3 nitrogen and oxygen atoms in total. The molecule has 1 heterocycles. The zero-order valence-electron chi connectivity index (χ0n) is 14.5. The molecule has 0 amide bonds. The minimum atomic E-state index is -0.208. The Hall–Kier alpha value is -1.35. The van der Waals surface area contributed by atoms with E-state index in [1.54, 1.807) is 0 Å². The van der Waals surface area contributed by atoms with E-state index in [9.17, 15) is 4.79 Å². The second-order valence-corrected chi connectivity index (χ2v) is 7.64. The van der Waals surface area contributed by atoms with Crippen molar-refractivity contribution in [3.8, 4) is 0 Å². The van der Waals surface area contributed by atoms with Gasteiger partial charge in [0.05, 0.1) is 5.56 Å². The lowest BCUT2D eigenvalue weighted by Gasteiger charge is -2.51. The Morgan fingerprint density at radius 1 is 1.23 bits per heavy atom. The molecule has 0 saturated carbocycles. The third-order valence-corrected chi connectivity index (χ3v) is 4.62. The van der Waals surface area contributed by atoms with Crippen molar-refractivity contribution >= 4 is 5.97 Å². The number of benzene rings is 1. The summed E-state index contributed by atoms with van der Waals surface area (Å²) in [4.78, 5) is 12.4. The van der Waals surface area contributed by atoms with Crippen molar-refractivity contribution in [1.29, 1.82) is 0 Å². The monoisotopic (exact) mass is 303 g/mol. The van der Waals surface area contributed by atoms with Crippen LogP contribution in [0.5, 0.6) is 0 Å². The molecule has 2 atom stereocenters. The minimum absolute atomic E-state index is 0.0324. The lowest BCUT2D eigenvalue weighted by atomic mass is 9.71. The van der Waals surface area contributed by atoms with Crippen LogP contribution >= 0.6 is 0 Å². The summed E-state index contributed by atoms with van der Waals surface area (Å²) >= 11 is 0. The summed E-state index contributed by atoms with van der Waals surface area (Å²) in [5.74, 6) is 0.124. The van der Waals surface area contributed by atoms with Crippen LogP contribution in [-0.2, 0) is 4.74 Å². The van der Waals surface area contributed by atoms with Crippen molar-refractivity contribution in [1.82, 2.24) is 5.32 Å². The SMILES string of the molecule is CCCC1C(OC(=O)c2ccccc2)CC(C)(C)NC1(C)C. The van der Waals surface area contributed by atoms with Gasteiger partial charge in [-0.1, -0.05) is 31.5 Å². The highest BCUT2D eigenvalue weighted by Crippen LogP contribution is 2.38. The van der Waals surface area contributed by atoms with Crippen LogP contribution < -0.4 is 5.32 Å². The van der Waals surface area contributed by atoms with E-state index in [-0.39, 0.29) is 23.2 Å². The van der Waals surface area contributed by atoms with Crippen molar-refractivity contribution in [2.75, 3.05) is 0 Å². The van der Waals surface area contributed by atoms with E-state index < -0.39 is 0 Å². The maximum Gasteiger partial charge on any atom is 0.338 e. The summed E-state index contributed by atoms with van der Waals surface area (Å²) in [5, 5.41) is 3.72. The normalized spacial score (nSPS) is 26.4. The molecule has 2 unspecified atom stereocenters. The van der Waals surface area contributed by atoms with E-state index in [1.807, 2.05) is 30.3 Å². The van der Waals surface area contributed by atoms with Crippen LogP contribution in [0.15, 0.2) is 30.3 Å². The molecule has 3 heteroatoms. The number of carbonyl (C=O) groups is 1. The van der Waals surface area contributed by atoms with Crippen LogP contribution in [0, 0.1) is 5.92 Å². The molecule has 1 aromatic rings. The fourth-order valence-corrected chi connectivity index (χ4v) is 3.89. The van der Waals surface area contributed by atoms with Gasteiger partial charge in [0.15, 0.2) is 0 Å². The predicted molar refractivity (Wildman–Crippen MR) is 90.0 cm³/mol. The van der Waals surface area contributed by atoms with E-state index in [0.29, 0.717) is 11.5 Å². The standard InChI is InChI=1S/C19H29NO2/c1-6-10-15-16(13-18(2,3)20-19(15,4)5)22-17(21)14-11-8-7-9-12-14/h7-9,11-12,15-16,20H,6,10,13H2,1-5H3. The molecule has 1 saturated heterocycles. The minimum Gasteiger partial charge on any atom is -0.458 e. The van der Waals surface area contributed by atoms with Gasteiger partial charge in [-0.25, -0.2) is 4.79 Å². The van der Waals surface area contributed by atoms with Crippen LogP contribution in [0.1, 0.15) is 64.2 Å². The first-order chi connectivity index (χ1) is 10.2. The van der Waals surface area contributed by atoms with Gasteiger partial charge in [0.25, 0.3) is 0 Å². The number of rotatable bonds is 4. The third-order valence-electron chi connectivity index (χ3n) is 4.62. The Morgan fingerprint density at radius 2 is 1.86 bits per heavy atom. The maximum absolute atomic E-state index is 12.4. The van der Waals surface area contributed by atoms with E-state index in [1.165, 1.54) is 0 Å². The van der Waals surface area contributed by atoms with Gasteiger partial charge >= 0.3 is 5.97 Å². The molecule has 122 valence electrons. The number of ether oxygens (including phenoxy) is 1. The van der Waals surface area contributed by atoms with Gasteiger partial charge in [0, 0.05) is 23.4 Å². The predicted octanol–water partition coefficient (Wildman–Crippen LogP) is 4.18. The number of hydrogen-bond acceptors (Lipinski definition) is 3. The molecule has 1 fully saturated rings. The molecule has 0 spiro atoms. The Labute approximate surface area is 134 Å². The molecule has 22 heavy (non-hydrogen) atoms. The second-order valence-electron chi connectivity index (χ2n) is 7.64. The van der Waals surface area contributed by atoms with Gasteiger partial charge in [-0.05, 0) is 46.2 Å². The molecule has 0 aliphatic carbocycles. The molecule has 1 aromatic carbocycles. The number of piperidine rings is 1. The van der Waals surface area contributed by atoms with Gasteiger partial charge < -0.3 is 10.1 Å². The summed E-state index contributed by atoms with van der Waals surface area (Å²) in [6.07, 6.45) is 2.96. The summed E-state index contributed by atoms with van der Waals surface area (Å²) in [6, 6.07) is 9.28. The topological polar surface area (TPSA) is 38.3 Å². The smallest absolute Gasteiger partial charge is 0.338 e. The summed E-state index contributed by atoms with van der Waals surface area (Å²) < 4.78 is 5.93. The van der Waals surface area contributed by atoms with Crippen LogP contribution in [0.4, 0.5) is 0 Å². The highest BCUT2D eigenvalue weighted by molar-refractivity contribution is 5.89. The highest BCUT2D eigenvalue weighted by atomic mass is 16.5. The number of hydrogen-bond donors (Lipinski definition) is 1. The Kier molecular flexibility index (Phi) is 4.96. The molecule has 0 aromatic heterocycles. The Balaban J connectivity index is 2.19. The first-order valence-electron chi connectivity index (χ1n) is 8.30. The summed E-state index contributed by atoms with van der Waals surface area (Å²) in [5.41, 5.74) is 0.557. The summed E-state index contributed by atoms with van der Waals surface area (Å²) in [6.45, 7) is 11.0. The molecule has 1 aliphatic rings. The number of carbonyl (C=O) groups excluding carboxylic acids is 1. The van der Waals surface area contributed by atoms with Gasteiger partial charge in [0.2, 0.25) is 0 Å². The van der Waals surface area contributed by atoms with Crippen LogP contribution in [0.2, 0.25) is 0 Å². The van der Waals surface area contributed by atoms with E-state index in [4.69, 9.17) is 4.74 Å². The highest BCUT2D eigenvalue weighted by Gasteiger charge is 2.46. The average molecular weight is 303 g/mol. The number of nitrogens with one attached hydrogen (secondary N) is 1. The van der Waals surface area contributed by atoms with Crippen molar-refractivity contribution in [3.05, 3.63) is 35.9 Å². The van der Waals surface area contributed by atoms with Crippen molar-refractivity contribution in [3.63, 3.8) is 0 Å². The van der Waals surface area contributed by atoms with Crippen molar-refractivity contribution in [2.45, 2.75) is 71.1 Å². The Bertz CT molecular complexity index is 507. The van der Waals surface area contributed by atoms with E-state index >= 15 is 0 Å². The van der Waals surface area contributed by atoms with Crippen LogP contribution in [0.25, 0.3) is 0 Å². The zero-order chi connectivity index (χ0) is 16.4. The average Bonchev–Trinajstić information content (AvgIpc) is 2.42. The molecular formula is C19H29NO2. The van der Waals surface area contributed by atoms with E-state index in [0.717, 1.165) is 19.3 Å². The largest absolute Gasteiger partial charge is 0.458 e. The lowest BCUT2D eigenvalue weighted by Crippen LogP contribution is -2.65. The first kappa shape index (κ1) is 17.0. The molecule has 1 N–H and O–H groups in total. The van der Waals surface area contributed by atoms with Crippen molar-refractivity contribution in [2.24, 2.45) is 5.92 Å². The van der Waals surface area contributed by atoms with Gasteiger partial charge in [-0.15, -0.1) is 0 Å². The van der Waals surface area contributed by atoms with Crippen molar-refractivity contribution < 1.29 is 9.53 Å². The van der Waals surface area contributed by atoms with Crippen LogP contribution in [0.3, 0.4) is 0 Å². The third kappa shape index (κ3) is 3.89. The van der Waals surface area contributed by atoms with Gasteiger partial charge in [-0.3, -0.25) is 0 Å². The molecule has 1 aliphatic heterocycles.